The standard InChI is InChI=1S/C25H32N2O3/c1-5-13-26-25(29)23(6-2)30-21-11-10-19-12-14-27(18(4)28)24(22(19)16-21)20-9-7-8-17(3)15-20/h7-11,15-16,23-24H,5-6,12-14H2,1-4H3,(H,26,29). The summed E-state index contributed by atoms with van der Waals surface area (Å²) >= 11 is 0. The van der Waals surface area contributed by atoms with Crippen LogP contribution >= 0.6 is 0 Å². The van der Waals surface area contributed by atoms with E-state index in [1.165, 1.54) is 5.56 Å². The molecule has 1 aliphatic rings. The SMILES string of the molecule is CCCNC(=O)C(CC)Oc1ccc2c(c1)C(c1cccc(C)c1)N(C(C)=O)CC2. The average molecular weight is 409 g/mol. The molecule has 5 heteroatoms. The molecule has 0 aliphatic carbocycles. The van der Waals surface area contributed by atoms with Gasteiger partial charge in [-0.2, -0.15) is 0 Å². The molecule has 3 rings (SSSR count). The van der Waals surface area contributed by atoms with Gasteiger partial charge in [0.1, 0.15) is 5.75 Å². The summed E-state index contributed by atoms with van der Waals surface area (Å²) in [4.78, 5) is 26.7. The topological polar surface area (TPSA) is 58.6 Å². The van der Waals surface area contributed by atoms with Gasteiger partial charge in [-0.15, -0.1) is 0 Å². The summed E-state index contributed by atoms with van der Waals surface area (Å²) in [5.74, 6) is 0.636. The molecular weight excluding hydrogens is 376 g/mol. The van der Waals surface area contributed by atoms with Crippen molar-refractivity contribution in [1.29, 1.82) is 0 Å². The van der Waals surface area contributed by atoms with E-state index in [9.17, 15) is 9.59 Å². The molecule has 2 aromatic rings. The number of fused-ring (bicyclic) bond motifs is 1. The molecule has 2 unspecified atom stereocenters. The summed E-state index contributed by atoms with van der Waals surface area (Å²) < 4.78 is 6.08. The van der Waals surface area contributed by atoms with Crippen LogP contribution < -0.4 is 10.1 Å². The first-order valence-corrected chi connectivity index (χ1v) is 10.9. The minimum absolute atomic E-state index is 0.0591. The number of rotatable bonds is 7. The molecule has 2 aromatic carbocycles. The third-order valence-corrected chi connectivity index (χ3v) is 5.60. The maximum absolute atomic E-state index is 12.4. The van der Waals surface area contributed by atoms with Gasteiger partial charge < -0.3 is 15.0 Å². The molecule has 0 aromatic heterocycles. The van der Waals surface area contributed by atoms with Gasteiger partial charge in [-0.25, -0.2) is 0 Å². The zero-order valence-corrected chi connectivity index (χ0v) is 18.4. The zero-order valence-electron chi connectivity index (χ0n) is 18.4. The van der Waals surface area contributed by atoms with Crippen molar-refractivity contribution < 1.29 is 14.3 Å². The first-order chi connectivity index (χ1) is 14.4. The fraction of sp³-hybridized carbons (Fsp3) is 0.440. The van der Waals surface area contributed by atoms with E-state index in [1.54, 1.807) is 6.92 Å². The second-order valence-electron chi connectivity index (χ2n) is 7.95. The first-order valence-electron chi connectivity index (χ1n) is 10.9. The van der Waals surface area contributed by atoms with Crippen LogP contribution in [0.3, 0.4) is 0 Å². The van der Waals surface area contributed by atoms with Crippen LogP contribution in [0.5, 0.6) is 5.75 Å². The minimum Gasteiger partial charge on any atom is -0.481 e. The summed E-state index contributed by atoms with van der Waals surface area (Å²) in [6.45, 7) is 8.99. The van der Waals surface area contributed by atoms with Gasteiger partial charge >= 0.3 is 0 Å². The maximum atomic E-state index is 12.4. The molecule has 160 valence electrons. The summed E-state index contributed by atoms with van der Waals surface area (Å²) in [6, 6.07) is 14.2. The van der Waals surface area contributed by atoms with Crippen molar-refractivity contribution >= 4 is 11.8 Å². The quantitative estimate of drug-likeness (QED) is 0.748. The second kappa shape index (κ2) is 9.79. The van der Waals surface area contributed by atoms with E-state index in [4.69, 9.17) is 4.74 Å². The Morgan fingerprint density at radius 2 is 2.00 bits per heavy atom. The smallest absolute Gasteiger partial charge is 0.261 e. The number of aryl methyl sites for hydroxylation is 1. The maximum Gasteiger partial charge on any atom is 0.261 e. The molecule has 0 spiro atoms. The van der Waals surface area contributed by atoms with E-state index in [-0.39, 0.29) is 17.9 Å². The highest BCUT2D eigenvalue weighted by atomic mass is 16.5. The molecule has 1 N–H and O–H groups in total. The predicted octanol–water partition coefficient (Wildman–Crippen LogP) is 4.17. The summed E-state index contributed by atoms with van der Waals surface area (Å²) in [5.41, 5.74) is 4.54. The van der Waals surface area contributed by atoms with Gasteiger partial charge in [0.05, 0.1) is 6.04 Å². The van der Waals surface area contributed by atoms with Gasteiger partial charge in [0, 0.05) is 20.0 Å². The molecule has 0 saturated heterocycles. The van der Waals surface area contributed by atoms with Crippen LogP contribution in [-0.2, 0) is 16.0 Å². The van der Waals surface area contributed by atoms with Crippen LogP contribution in [-0.4, -0.2) is 35.9 Å². The lowest BCUT2D eigenvalue weighted by Gasteiger charge is -2.37. The second-order valence-corrected chi connectivity index (χ2v) is 7.95. The molecule has 2 amide bonds. The molecule has 5 nitrogen and oxygen atoms in total. The number of benzene rings is 2. The van der Waals surface area contributed by atoms with Crippen LogP contribution in [0.15, 0.2) is 42.5 Å². The van der Waals surface area contributed by atoms with Crippen LogP contribution in [0.2, 0.25) is 0 Å². The van der Waals surface area contributed by atoms with Crippen molar-refractivity contribution in [3.63, 3.8) is 0 Å². The Bertz CT molecular complexity index is 909. The van der Waals surface area contributed by atoms with Gasteiger partial charge in [0.25, 0.3) is 5.91 Å². The Balaban J connectivity index is 1.95. The van der Waals surface area contributed by atoms with Gasteiger partial charge in [-0.05, 0) is 55.0 Å². The van der Waals surface area contributed by atoms with Gasteiger partial charge in [0.2, 0.25) is 5.91 Å². The van der Waals surface area contributed by atoms with Crippen LogP contribution in [0, 0.1) is 6.92 Å². The third kappa shape index (κ3) is 4.84. The fourth-order valence-corrected chi connectivity index (χ4v) is 4.05. The molecule has 0 fully saturated rings. The van der Waals surface area contributed by atoms with E-state index in [0.717, 1.165) is 29.5 Å². The summed E-state index contributed by atoms with van der Waals surface area (Å²) in [5, 5.41) is 2.91. The van der Waals surface area contributed by atoms with Crippen molar-refractivity contribution in [2.45, 2.75) is 59.1 Å². The Morgan fingerprint density at radius 3 is 2.67 bits per heavy atom. The number of carbonyl (C=O) groups excluding carboxylic acids is 2. The Morgan fingerprint density at radius 1 is 1.20 bits per heavy atom. The van der Waals surface area contributed by atoms with E-state index < -0.39 is 6.10 Å². The Hall–Kier alpha value is -2.82. The van der Waals surface area contributed by atoms with Gasteiger partial charge in [0.15, 0.2) is 6.10 Å². The molecule has 2 atom stereocenters. The Kier molecular flexibility index (Phi) is 7.14. The van der Waals surface area contributed by atoms with E-state index in [2.05, 4.69) is 36.5 Å². The highest BCUT2D eigenvalue weighted by Crippen LogP contribution is 2.37. The normalized spacial score (nSPS) is 16.5. The highest BCUT2D eigenvalue weighted by molar-refractivity contribution is 5.81. The lowest BCUT2D eigenvalue weighted by Crippen LogP contribution is -2.40. The van der Waals surface area contributed by atoms with E-state index in [1.807, 2.05) is 36.9 Å². The average Bonchev–Trinajstić information content (AvgIpc) is 2.74. The summed E-state index contributed by atoms with van der Waals surface area (Å²) in [7, 11) is 0. The van der Waals surface area contributed by atoms with Gasteiger partial charge in [-0.1, -0.05) is 49.7 Å². The number of nitrogens with one attached hydrogen (secondary N) is 1. The summed E-state index contributed by atoms with van der Waals surface area (Å²) in [6.07, 6.45) is 1.76. The molecular formula is C25H32N2O3. The number of hydrogen-bond donors (Lipinski definition) is 1. The molecule has 0 radical (unpaired) electrons. The Labute approximate surface area is 179 Å². The molecule has 0 saturated carbocycles. The number of nitrogens with zero attached hydrogens (tertiary/aromatic N) is 1. The third-order valence-electron chi connectivity index (χ3n) is 5.60. The zero-order chi connectivity index (χ0) is 21.7. The first kappa shape index (κ1) is 21.9. The van der Waals surface area contributed by atoms with E-state index >= 15 is 0 Å². The number of hydrogen-bond acceptors (Lipinski definition) is 3. The number of carbonyl (C=O) groups is 2. The van der Waals surface area contributed by atoms with Crippen molar-refractivity contribution in [3.8, 4) is 5.75 Å². The largest absolute Gasteiger partial charge is 0.481 e. The van der Waals surface area contributed by atoms with Crippen LogP contribution in [0.25, 0.3) is 0 Å². The molecule has 1 aliphatic heterocycles. The molecule has 1 heterocycles. The van der Waals surface area contributed by atoms with Crippen LogP contribution in [0.1, 0.15) is 61.9 Å². The van der Waals surface area contributed by atoms with Crippen LogP contribution in [0.4, 0.5) is 0 Å². The predicted molar refractivity (Wildman–Crippen MR) is 119 cm³/mol. The van der Waals surface area contributed by atoms with Crippen molar-refractivity contribution in [2.75, 3.05) is 13.1 Å². The van der Waals surface area contributed by atoms with Crippen molar-refractivity contribution in [2.24, 2.45) is 0 Å². The van der Waals surface area contributed by atoms with Crippen molar-refractivity contribution in [1.82, 2.24) is 10.2 Å². The monoisotopic (exact) mass is 408 g/mol. The highest BCUT2D eigenvalue weighted by Gasteiger charge is 2.31. The lowest BCUT2D eigenvalue weighted by atomic mass is 9.87. The minimum atomic E-state index is -0.528. The number of ether oxygens (including phenoxy) is 1. The fourth-order valence-electron chi connectivity index (χ4n) is 4.05. The van der Waals surface area contributed by atoms with Gasteiger partial charge in [-0.3, -0.25) is 9.59 Å². The molecule has 0 bridgehead atoms. The van der Waals surface area contributed by atoms with Crippen molar-refractivity contribution in [3.05, 3.63) is 64.7 Å². The van der Waals surface area contributed by atoms with E-state index in [0.29, 0.717) is 25.3 Å². The number of amides is 2. The molecule has 30 heavy (non-hydrogen) atoms. The lowest BCUT2D eigenvalue weighted by molar-refractivity contribution is -0.131.